The van der Waals surface area contributed by atoms with E-state index in [9.17, 15) is 5.11 Å². The van der Waals surface area contributed by atoms with E-state index < -0.39 is 0 Å². The summed E-state index contributed by atoms with van der Waals surface area (Å²) in [7, 11) is 0. The second kappa shape index (κ2) is 3.86. The zero-order chi connectivity index (χ0) is 13.7. The first kappa shape index (κ1) is 12.3. The third-order valence-corrected chi connectivity index (χ3v) is 4.53. The molecule has 1 aliphatic rings. The number of benzene rings is 2. The number of phenols is 1. The van der Waals surface area contributed by atoms with E-state index in [0.717, 1.165) is 6.42 Å². The van der Waals surface area contributed by atoms with Crippen LogP contribution in [0.25, 0.3) is 0 Å². The van der Waals surface area contributed by atoms with Gasteiger partial charge in [0.1, 0.15) is 5.75 Å². The molecule has 1 aliphatic carbocycles. The summed E-state index contributed by atoms with van der Waals surface area (Å²) in [6, 6.07) is 16.5. The molecule has 98 valence electrons. The standard InChI is InChI=1S/C18H20O/c1-17(2)12-18(3,13-7-5-4-6-8-13)15-10-9-14(19)11-16(15)17/h4-11,19H,12H2,1-3H3. The molecule has 0 heterocycles. The van der Waals surface area contributed by atoms with Gasteiger partial charge in [0, 0.05) is 5.41 Å². The van der Waals surface area contributed by atoms with Crippen LogP contribution < -0.4 is 0 Å². The Balaban J connectivity index is 2.23. The van der Waals surface area contributed by atoms with Crippen molar-refractivity contribution in [2.45, 2.75) is 38.0 Å². The quantitative estimate of drug-likeness (QED) is 0.798. The summed E-state index contributed by atoms with van der Waals surface area (Å²) >= 11 is 0. The lowest BCUT2D eigenvalue weighted by molar-refractivity contribution is 0.423. The van der Waals surface area contributed by atoms with Gasteiger partial charge in [0.2, 0.25) is 0 Å². The van der Waals surface area contributed by atoms with Crippen molar-refractivity contribution in [1.29, 1.82) is 0 Å². The molecule has 0 radical (unpaired) electrons. The lowest BCUT2D eigenvalue weighted by Gasteiger charge is -2.28. The number of rotatable bonds is 1. The first-order valence-corrected chi connectivity index (χ1v) is 6.83. The molecule has 1 heteroatoms. The van der Waals surface area contributed by atoms with E-state index in [-0.39, 0.29) is 10.8 Å². The maximum atomic E-state index is 9.77. The Bertz CT molecular complexity index is 613. The molecule has 0 spiro atoms. The van der Waals surface area contributed by atoms with Gasteiger partial charge in [0.15, 0.2) is 0 Å². The maximum absolute atomic E-state index is 9.77. The summed E-state index contributed by atoms with van der Waals surface area (Å²) < 4.78 is 0. The topological polar surface area (TPSA) is 20.2 Å². The summed E-state index contributed by atoms with van der Waals surface area (Å²) in [6.07, 6.45) is 1.07. The van der Waals surface area contributed by atoms with Crippen LogP contribution >= 0.6 is 0 Å². The second-order valence-corrected chi connectivity index (χ2v) is 6.49. The fourth-order valence-corrected chi connectivity index (χ4v) is 3.71. The van der Waals surface area contributed by atoms with Crippen LogP contribution in [0.1, 0.15) is 43.9 Å². The van der Waals surface area contributed by atoms with Crippen molar-refractivity contribution in [3.63, 3.8) is 0 Å². The molecule has 0 aromatic heterocycles. The van der Waals surface area contributed by atoms with Crippen LogP contribution in [0, 0.1) is 0 Å². The maximum Gasteiger partial charge on any atom is 0.115 e. The van der Waals surface area contributed by atoms with Gasteiger partial charge in [-0.05, 0) is 40.7 Å². The van der Waals surface area contributed by atoms with Crippen LogP contribution in [0.4, 0.5) is 0 Å². The van der Waals surface area contributed by atoms with Crippen molar-refractivity contribution in [2.24, 2.45) is 0 Å². The Morgan fingerprint density at radius 2 is 1.58 bits per heavy atom. The van der Waals surface area contributed by atoms with Crippen LogP contribution in [0.15, 0.2) is 48.5 Å². The molecule has 0 bridgehead atoms. The normalized spacial score (nSPS) is 24.2. The van der Waals surface area contributed by atoms with Crippen LogP contribution in [0.2, 0.25) is 0 Å². The van der Waals surface area contributed by atoms with E-state index in [1.807, 2.05) is 6.07 Å². The largest absolute Gasteiger partial charge is 0.508 e. The lowest BCUT2D eigenvalue weighted by Crippen LogP contribution is -2.23. The minimum Gasteiger partial charge on any atom is -0.508 e. The van der Waals surface area contributed by atoms with Gasteiger partial charge in [-0.1, -0.05) is 57.2 Å². The molecule has 1 N–H and O–H groups in total. The Kier molecular flexibility index (Phi) is 2.50. The minimum absolute atomic E-state index is 0.0355. The predicted molar refractivity (Wildman–Crippen MR) is 78.6 cm³/mol. The summed E-state index contributed by atoms with van der Waals surface area (Å²) in [5.74, 6) is 0.365. The third kappa shape index (κ3) is 1.76. The fraction of sp³-hybridized carbons (Fsp3) is 0.333. The second-order valence-electron chi connectivity index (χ2n) is 6.49. The highest BCUT2D eigenvalue weighted by Gasteiger charge is 2.45. The molecule has 0 fully saturated rings. The highest BCUT2D eigenvalue weighted by Crippen LogP contribution is 2.53. The first-order chi connectivity index (χ1) is 8.93. The molecule has 1 nitrogen and oxygen atoms in total. The lowest BCUT2D eigenvalue weighted by atomic mass is 9.75. The Labute approximate surface area is 114 Å². The Morgan fingerprint density at radius 3 is 2.26 bits per heavy atom. The van der Waals surface area contributed by atoms with E-state index in [1.165, 1.54) is 16.7 Å². The van der Waals surface area contributed by atoms with E-state index in [0.29, 0.717) is 5.75 Å². The average Bonchev–Trinajstić information content (AvgIpc) is 2.59. The van der Waals surface area contributed by atoms with Gasteiger partial charge < -0.3 is 5.11 Å². The molecule has 0 saturated carbocycles. The van der Waals surface area contributed by atoms with Crippen molar-refractivity contribution < 1.29 is 5.11 Å². The molecule has 1 unspecified atom stereocenters. The van der Waals surface area contributed by atoms with Crippen molar-refractivity contribution in [1.82, 2.24) is 0 Å². The Hall–Kier alpha value is -1.76. The monoisotopic (exact) mass is 252 g/mol. The number of phenolic OH excluding ortho intramolecular Hbond substituents is 1. The molecule has 0 amide bonds. The van der Waals surface area contributed by atoms with Gasteiger partial charge >= 0.3 is 0 Å². The van der Waals surface area contributed by atoms with E-state index in [1.54, 1.807) is 6.07 Å². The number of fused-ring (bicyclic) bond motifs is 1. The van der Waals surface area contributed by atoms with Crippen LogP contribution in [-0.2, 0) is 10.8 Å². The molecule has 2 aromatic rings. The van der Waals surface area contributed by atoms with Gasteiger partial charge in [-0.25, -0.2) is 0 Å². The predicted octanol–water partition coefficient (Wildman–Crippen LogP) is 4.38. The van der Waals surface area contributed by atoms with Gasteiger partial charge in [0.25, 0.3) is 0 Å². The first-order valence-electron chi connectivity index (χ1n) is 6.83. The van der Waals surface area contributed by atoms with Crippen LogP contribution in [0.3, 0.4) is 0 Å². The highest BCUT2D eigenvalue weighted by atomic mass is 16.3. The highest BCUT2D eigenvalue weighted by molar-refractivity contribution is 5.53. The van der Waals surface area contributed by atoms with E-state index in [4.69, 9.17) is 0 Å². The molecule has 3 rings (SSSR count). The van der Waals surface area contributed by atoms with Gasteiger partial charge in [-0.2, -0.15) is 0 Å². The smallest absolute Gasteiger partial charge is 0.115 e. The molecular weight excluding hydrogens is 232 g/mol. The molecule has 1 atom stereocenters. The zero-order valence-electron chi connectivity index (χ0n) is 11.8. The average molecular weight is 252 g/mol. The van der Waals surface area contributed by atoms with Crippen LogP contribution in [-0.4, -0.2) is 5.11 Å². The summed E-state index contributed by atoms with van der Waals surface area (Å²) in [6.45, 7) is 6.84. The van der Waals surface area contributed by atoms with Crippen molar-refractivity contribution >= 4 is 0 Å². The van der Waals surface area contributed by atoms with E-state index in [2.05, 4.69) is 57.2 Å². The molecule has 2 aromatic carbocycles. The fourth-order valence-electron chi connectivity index (χ4n) is 3.71. The van der Waals surface area contributed by atoms with Crippen molar-refractivity contribution in [3.05, 3.63) is 65.2 Å². The molecule has 0 aliphatic heterocycles. The van der Waals surface area contributed by atoms with Gasteiger partial charge in [-0.15, -0.1) is 0 Å². The number of aromatic hydroxyl groups is 1. The van der Waals surface area contributed by atoms with Gasteiger partial charge in [0.05, 0.1) is 0 Å². The van der Waals surface area contributed by atoms with Crippen molar-refractivity contribution in [3.8, 4) is 5.75 Å². The molecular formula is C18H20O. The zero-order valence-corrected chi connectivity index (χ0v) is 11.8. The SMILES string of the molecule is CC1(C)CC(C)(c2ccccc2)c2ccc(O)cc21. The third-order valence-electron chi connectivity index (χ3n) is 4.53. The van der Waals surface area contributed by atoms with Crippen LogP contribution in [0.5, 0.6) is 5.75 Å². The summed E-state index contributed by atoms with van der Waals surface area (Å²) in [5, 5.41) is 9.77. The summed E-state index contributed by atoms with van der Waals surface area (Å²) in [5.41, 5.74) is 4.11. The van der Waals surface area contributed by atoms with E-state index >= 15 is 0 Å². The molecule has 19 heavy (non-hydrogen) atoms. The van der Waals surface area contributed by atoms with Crippen molar-refractivity contribution in [2.75, 3.05) is 0 Å². The minimum atomic E-state index is 0.0355. The number of hydrogen-bond donors (Lipinski definition) is 1. The molecule has 0 saturated heterocycles. The number of hydrogen-bond acceptors (Lipinski definition) is 1. The Morgan fingerprint density at radius 1 is 0.895 bits per heavy atom. The van der Waals surface area contributed by atoms with Gasteiger partial charge in [-0.3, -0.25) is 0 Å². The summed E-state index contributed by atoms with van der Waals surface area (Å²) in [4.78, 5) is 0.